The first kappa shape index (κ1) is 10.1. The van der Waals surface area contributed by atoms with Crippen LogP contribution in [0.2, 0.25) is 5.02 Å². The Morgan fingerprint density at radius 1 is 1.53 bits per heavy atom. The number of rotatable bonds is 1. The second-order valence-corrected chi connectivity index (χ2v) is 3.75. The summed E-state index contributed by atoms with van der Waals surface area (Å²) >= 11 is 5.90. The lowest BCUT2D eigenvalue weighted by molar-refractivity contribution is 0.232. The van der Waals surface area contributed by atoms with Crippen molar-refractivity contribution in [2.75, 3.05) is 11.9 Å². The van der Waals surface area contributed by atoms with Crippen molar-refractivity contribution in [2.45, 2.75) is 6.92 Å². The fraction of sp³-hybridized carbons (Fsp3) is 0.182. The third-order valence-electron chi connectivity index (χ3n) is 2.42. The topological polar surface area (TPSA) is 32.3 Å². The molecule has 4 heteroatoms. The summed E-state index contributed by atoms with van der Waals surface area (Å²) in [5.41, 5.74) is 2.34. The molecule has 3 nitrogen and oxygen atoms in total. The van der Waals surface area contributed by atoms with Crippen molar-refractivity contribution in [3.05, 3.63) is 35.4 Å². The zero-order chi connectivity index (χ0) is 11.0. The first-order chi connectivity index (χ1) is 7.13. The Labute approximate surface area is 93.3 Å². The number of halogens is 1. The first-order valence-electron chi connectivity index (χ1n) is 4.71. The van der Waals surface area contributed by atoms with Crippen molar-refractivity contribution < 1.29 is 4.79 Å². The van der Waals surface area contributed by atoms with Gasteiger partial charge in [0.15, 0.2) is 0 Å². The second-order valence-electron chi connectivity index (χ2n) is 3.31. The molecule has 78 valence electrons. The number of carbonyl (C=O) groups excluding carboxylic acids is 1. The summed E-state index contributed by atoms with van der Waals surface area (Å²) < 4.78 is 0. The van der Waals surface area contributed by atoms with Gasteiger partial charge in [-0.2, -0.15) is 0 Å². The van der Waals surface area contributed by atoms with Gasteiger partial charge in [0.2, 0.25) is 0 Å². The Hall–Kier alpha value is -1.48. The number of fused-ring (bicyclic) bond motifs is 1. The fourth-order valence-corrected chi connectivity index (χ4v) is 1.82. The molecule has 0 unspecified atom stereocenters. The molecule has 0 atom stereocenters. The Morgan fingerprint density at radius 3 is 2.93 bits per heavy atom. The van der Waals surface area contributed by atoms with Crippen molar-refractivity contribution in [3.8, 4) is 0 Å². The molecule has 15 heavy (non-hydrogen) atoms. The maximum atomic E-state index is 11.6. The second kappa shape index (κ2) is 3.59. The van der Waals surface area contributed by atoms with Crippen molar-refractivity contribution >= 4 is 29.0 Å². The van der Waals surface area contributed by atoms with Gasteiger partial charge in [0.05, 0.1) is 5.69 Å². The number of amides is 2. The molecular formula is C11H11ClN2O. The molecule has 0 spiro atoms. The number of hydrogen-bond donors (Lipinski definition) is 1. The van der Waals surface area contributed by atoms with E-state index in [1.54, 1.807) is 23.1 Å². The van der Waals surface area contributed by atoms with Gasteiger partial charge in [-0.25, -0.2) is 4.79 Å². The van der Waals surface area contributed by atoms with E-state index in [2.05, 4.69) is 11.9 Å². The monoisotopic (exact) mass is 222 g/mol. The maximum absolute atomic E-state index is 11.6. The van der Waals surface area contributed by atoms with Crippen LogP contribution in [0.5, 0.6) is 0 Å². The largest absolute Gasteiger partial charge is 0.326 e. The number of hydrogen-bond acceptors (Lipinski definition) is 1. The summed E-state index contributed by atoms with van der Waals surface area (Å²) in [6, 6.07) is 5.20. The van der Waals surface area contributed by atoms with E-state index in [4.69, 9.17) is 11.6 Å². The average Bonchev–Trinajstić information content (AvgIpc) is 2.20. The van der Waals surface area contributed by atoms with E-state index < -0.39 is 0 Å². The molecule has 1 aliphatic heterocycles. The van der Waals surface area contributed by atoms with Gasteiger partial charge in [-0.15, -0.1) is 0 Å². The molecule has 0 fully saturated rings. The van der Waals surface area contributed by atoms with Crippen LogP contribution in [-0.2, 0) is 0 Å². The molecule has 1 heterocycles. The molecule has 1 aromatic carbocycles. The first-order valence-corrected chi connectivity index (χ1v) is 5.08. The molecule has 1 aliphatic rings. The summed E-state index contributed by atoms with van der Waals surface area (Å²) in [7, 11) is 0. The fourth-order valence-electron chi connectivity index (χ4n) is 1.65. The number of benzene rings is 1. The van der Waals surface area contributed by atoms with E-state index in [1.165, 1.54) is 0 Å². The molecule has 0 bridgehead atoms. The van der Waals surface area contributed by atoms with Crippen molar-refractivity contribution in [3.63, 3.8) is 0 Å². The average molecular weight is 223 g/mol. The van der Waals surface area contributed by atoms with Gasteiger partial charge in [0, 0.05) is 22.8 Å². The van der Waals surface area contributed by atoms with Crippen LogP contribution in [0.25, 0.3) is 5.70 Å². The molecule has 0 aromatic heterocycles. The van der Waals surface area contributed by atoms with Crippen LogP contribution in [0.15, 0.2) is 24.8 Å². The van der Waals surface area contributed by atoms with E-state index in [9.17, 15) is 4.79 Å². The van der Waals surface area contributed by atoms with Crippen LogP contribution < -0.4 is 5.32 Å². The summed E-state index contributed by atoms with van der Waals surface area (Å²) in [5, 5.41) is 3.43. The zero-order valence-corrected chi connectivity index (χ0v) is 9.14. The van der Waals surface area contributed by atoms with E-state index >= 15 is 0 Å². The summed E-state index contributed by atoms with van der Waals surface area (Å²) in [5.74, 6) is 0. The van der Waals surface area contributed by atoms with Gasteiger partial charge in [-0.3, -0.25) is 4.90 Å². The lowest BCUT2D eigenvalue weighted by Crippen LogP contribution is -2.37. The number of urea groups is 1. The minimum absolute atomic E-state index is 0.141. The number of nitrogens with zero attached hydrogens (tertiary/aromatic N) is 1. The minimum atomic E-state index is -0.141. The van der Waals surface area contributed by atoms with Gasteiger partial charge >= 0.3 is 6.03 Å². The molecule has 2 rings (SSSR count). The lowest BCUT2D eigenvalue weighted by Gasteiger charge is -2.30. The smallest absolute Gasteiger partial charge is 0.307 e. The van der Waals surface area contributed by atoms with Crippen molar-refractivity contribution in [1.29, 1.82) is 0 Å². The highest BCUT2D eigenvalue weighted by molar-refractivity contribution is 6.31. The van der Waals surface area contributed by atoms with Crippen LogP contribution in [0.3, 0.4) is 0 Å². The molecule has 2 amide bonds. The molecule has 0 saturated heterocycles. The predicted octanol–water partition coefficient (Wildman–Crippen LogP) is 3.18. The molecule has 0 radical (unpaired) electrons. The summed E-state index contributed by atoms with van der Waals surface area (Å²) in [4.78, 5) is 13.2. The van der Waals surface area contributed by atoms with Crippen LogP contribution >= 0.6 is 11.6 Å². The SMILES string of the molecule is C=C1c2cc(Cl)ccc2NC(=O)N1CC. The quantitative estimate of drug-likeness (QED) is 0.778. The van der Waals surface area contributed by atoms with Crippen LogP contribution in [-0.4, -0.2) is 17.5 Å². The van der Waals surface area contributed by atoms with E-state index in [0.717, 1.165) is 11.3 Å². The Kier molecular flexibility index (Phi) is 2.40. The van der Waals surface area contributed by atoms with Crippen LogP contribution in [0.1, 0.15) is 12.5 Å². The van der Waals surface area contributed by atoms with Crippen LogP contribution in [0, 0.1) is 0 Å². The van der Waals surface area contributed by atoms with Gasteiger partial charge < -0.3 is 5.32 Å². The highest BCUT2D eigenvalue weighted by Gasteiger charge is 2.24. The van der Waals surface area contributed by atoms with Crippen molar-refractivity contribution in [2.24, 2.45) is 0 Å². The predicted molar refractivity (Wildman–Crippen MR) is 61.9 cm³/mol. The number of anilines is 1. The Bertz CT molecular complexity index is 442. The standard InChI is InChI=1S/C11H11ClN2O/c1-3-14-7(2)9-6-8(12)4-5-10(9)13-11(14)15/h4-6H,2-3H2,1H3,(H,13,15). The third-order valence-corrected chi connectivity index (χ3v) is 2.66. The highest BCUT2D eigenvalue weighted by Crippen LogP contribution is 2.32. The van der Waals surface area contributed by atoms with Gasteiger partial charge in [-0.05, 0) is 25.1 Å². The normalized spacial score (nSPS) is 14.9. The Morgan fingerprint density at radius 2 is 2.27 bits per heavy atom. The molecule has 1 aromatic rings. The van der Waals surface area contributed by atoms with E-state index in [0.29, 0.717) is 17.3 Å². The number of nitrogens with one attached hydrogen (secondary N) is 1. The van der Waals surface area contributed by atoms with Gasteiger partial charge in [0.1, 0.15) is 0 Å². The third kappa shape index (κ3) is 1.59. The van der Waals surface area contributed by atoms with E-state index in [-0.39, 0.29) is 6.03 Å². The van der Waals surface area contributed by atoms with E-state index in [1.807, 2.05) is 6.92 Å². The van der Waals surface area contributed by atoms with Crippen molar-refractivity contribution in [1.82, 2.24) is 4.90 Å². The lowest BCUT2D eigenvalue weighted by atomic mass is 10.1. The molecular weight excluding hydrogens is 212 g/mol. The van der Waals surface area contributed by atoms with Gasteiger partial charge in [0.25, 0.3) is 0 Å². The van der Waals surface area contributed by atoms with Crippen LogP contribution in [0.4, 0.5) is 10.5 Å². The summed E-state index contributed by atoms with van der Waals surface area (Å²) in [6.45, 7) is 6.40. The molecule has 0 saturated carbocycles. The molecule has 0 aliphatic carbocycles. The maximum Gasteiger partial charge on any atom is 0.326 e. The summed E-state index contributed by atoms with van der Waals surface area (Å²) in [6.07, 6.45) is 0. The zero-order valence-electron chi connectivity index (χ0n) is 8.38. The minimum Gasteiger partial charge on any atom is -0.307 e. The molecule has 1 N–H and O–H groups in total. The highest BCUT2D eigenvalue weighted by atomic mass is 35.5. The van der Waals surface area contributed by atoms with Gasteiger partial charge in [-0.1, -0.05) is 18.2 Å². The number of carbonyl (C=O) groups is 1. The Balaban J connectivity index is 2.51.